The van der Waals surface area contributed by atoms with Crippen LogP contribution < -0.4 is 0 Å². The van der Waals surface area contributed by atoms with E-state index in [2.05, 4.69) is 10.2 Å². The molecule has 116 valence electrons. The lowest BCUT2D eigenvalue weighted by molar-refractivity contribution is -0.132. The highest BCUT2D eigenvalue weighted by atomic mass is 16.3. The number of likely N-dealkylation sites (tertiary alicyclic amines) is 1. The number of carbonyl (C=O) groups excluding carboxylic acids is 1. The van der Waals surface area contributed by atoms with E-state index in [1.807, 2.05) is 29.2 Å². The second kappa shape index (κ2) is 5.09. The van der Waals surface area contributed by atoms with E-state index in [1.54, 1.807) is 0 Å². The molecule has 5 heteroatoms. The average Bonchev–Trinajstić information content (AvgIpc) is 3.18. The van der Waals surface area contributed by atoms with Gasteiger partial charge in [-0.1, -0.05) is 18.2 Å². The summed E-state index contributed by atoms with van der Waals surface area (Å²) >= 11 is 0. The standard InChI is InChI=1S/C17H21N3O2/c21-16(11-15-13-3-1-2-4-14(13)18-19-15)20-9-5-12(6-10-20)17(22)7-8-17/h1-4,12,22H,5-11H2,(H,18,19). The summed E-state index contributed by atoms with van der Waals surface area (Å²) in [5, 5.41) is 18.4. The highest BCUT2D eigenvalue weighted by molar-refractivity contribution is 5.87. The van der Waals surface area contributed by atoms with E-state index in [0.717, 1.165) is 55.4 Å². The van der Waals surface area contributed by atoms with E-state index in [9.17, 15) is 9.90 Å². The van der Waals surface area contributed by atoms with Crippen molar-refractivity contribution in [2.75, 3.05) is 13.1 Å². The van der Waals surface area contributed by atoms with Gasteiger partial charge < -0.3 is 10.0 Å². The van der Waals surface area contributed by atoms with Gasteiger partial charge in [-0.3, -0.25) is 9.89 Å². The number of nitrogens with one attached hydrogen (secondary N) is 1. The summed E-state index contributed by atoms with van der Waals surface area (Å²) < 4.78 is 0. The third kappa shape index (κ3) is 2.39. The Bertz CT molecular complexity index is 697. The zero-order valence-electron chi connectivity index (χ0n) is 12.6. The van der Waals surface area contributed by atoms with Crippen molar-refractivity contribution < 1.29 is 9.90 Å². The fourth-order valence-electron chi connectivity index (χ4n) is 3.61. The molecule has 0 bridgehead atoms. The van der Waals surface area contributed by atoms with E-state index in [0.29, 0.717) is 12.3 Å². The first kappa shape index (κ1) is 13.8. The van der Waals surface area contributed by atoms with Crippen molar-refractivity contribution in [3.63, 3.8) is 0 Å². The Morgan fingerprint density at radius 3 is 2.77 bits per heavy atom. The molecule has 5 nitrogen and oxygen atoms in total. The van der Waals surface area contributed by atoms with Crippen molar-refractivity contribution in [3.05, 3.63) is 30.0 Å². The van der Waals surface area contributed by atoms with Gasteiger partial charge in [0.05, 0.1) is 23.2 Å². The van der Waals surface area contributed by atoms with Crippen LogP contribution in [-0.4, -0.2) is 44.8 Å². The first-order chi connectivity index (χ1) is 10.7. The van der Waals surface area contributed by atoms with Crippen LogP contribution in [0.25, 0.3) is 10.9 Å². The average molecular weight is 299 g/mol. The molecule has 2 N–H and O–H groups in total. The van der Waals surface area contributed by atoms with Crippen LogP contribution >= 0.6 is 0 Å². The maximum atomic E-state index is 12.5. The molecule has 2 fully saturated rings. The van der Waals surface area contributed by atoms with Gasteiger partial charge in [-0.25, -0.2) is 0 Å². The van der Waals surface area contributed by atoms with E-state index in [1.165, 1.54) is 0 Å². The molecular weight excluding hydrogens is 278 g/mol. The van der Waals surface area contributed by atoms with Crippen LogP contribution in [0, 0.1) is 5.92 Å². The van der Waals surface area contributed by atoms with Crippen molar-refractivity contribution in [2.24, 2.45) is 5.92 Å². The van der Waals surface area contributed by atoms with E-state index >= 15 is 0 Å². The minimum absolute atomic E-state index is 0.149. The highest BCUT2D eigenvalue weighted by Crippen LogP contribution is 2.46. The van der Waals surface area contributed by atoms with Gasteiger partial charge in [-0.15, -0.1) is 0 Å². The summed E-state index contributed by atoms with van der Waals surface area (Å²) in [7, 11) is 0. The van der Waals surface area contributed by atoms with Crippen molar-refractivity contribution in [2.45, 2.75) is 37.7 Å². The van der Waals surface area contributed by atoms with E-state index < -0.39 is 5.60 Å². The number of piperidine rings is 1. The van der Waals surface area contributed by atoms with Crippen LogP contribution in [-0.2, 0) is 11.2 Å². The first-order valence-electron chi connectivity index (χ1n) is 8.08. The smallest absolute Gasteiger partial charge is 0.228 e. The molecule has 1 aromatic carbocycles. The molecule has 1 aliphatic heterocycles. The van der Waals surface area contributed by atoms with Gasteiger partial charge in [-0.05, 0) is 37.7 Å². The number of H-pyrrole nitrogens is 1. The number of aliphatic hydroxyl groups is 1. The molecule has 0 radical (unpaired) electrons. The summed E-state index contributed by atoms with van der Waals surface area (Å²) in [4.78, 5) is 14.4. The van der Waals surface area contributed by atoms with E-state index in [4.69, 9.17) is 0 Å². The number of fused-ring (bicyclic) bond motifs is 1. The van der Waals surface area contributed by atoms with Crippen LogP contribution in [0.4, 0.5) is 0 Å². The molecule has 0 spiro atoms. The van der Waals surface area contributed by atoms with Gasteiger partial charge in [0.1, 0.15) is 0 Å². The summed E-state index contributed by atoms with van der Waals surface area (Å²) in [6.45, 7) is 1.52. The van der Waals surface area contributed by atoms with Crippen molar-refractivity contribution in [3.8, 4) is 0 Å². The predicted molar refractivity (Wildman–Crippen MR) is 83.3 cm³/mol. The van der Waals surface area contributed by atoms with Crippen molar-refractivity contribution in [1.82, 2.24) is 15.1 Å². The van der Waals surface area contributed by atoms with Gasteiger partial charge in [-0.2, -0.15) is 5.10 Å². The van der Waals surface area contributed by atoms with Crippen LogP contribution in [0.2, 0.25) is 0 Å². The van der Waals surface area contributed by atoms with Gasteiger partial charge in [0.15, 0.2) is 0 Å². The number of amides is 1. The maximum Gasteiger partial charge on any atom is 0.228 e. The molecule has 0 unspecified atom stereocenters. The zero-order chi connectivity index (χ0) is 15.2. The Hall–Kier alpha value is -1.88. The van der Waals surface area contributed by atoms with Crippen LogP contribution in [0.3, 0.4) is 0 Å². The van der Waals surface area contributed by atoms with Gasteiger partial charge in [0.2, 0.25) is 5.91 Å². The normalized spacial score (nSPS) is 21.2. The van der Waals surface area contributed by atoms with Gasteiger partial charge in [0.25, 0.3) is 0 Å². The fraction of sp³-hybridized carbons (Fsp3) is 0.529. The van der Waals surface area contributed by atoms with Gasteiger partial charge >= 0.3 is 0 Å². The molecule has 4 rings (SSSR count). The Morgan fingerprint density at radius 1 is 1.32 bits per heavy atom. The molecule has 2 aliphatic rings. The number of carbonyl (C=O) groups is 1. The molecule has 0 atom stereocenters. The lowest BCUT2D eigenvalue weighted by Gasteiger charge is -2.34. The fourth-order valence-corrected chi connectivity index (χ4v) is 3.61. The first-order valence-corrected chi connectivity index (χ1v) is 8.08. The molecular formula is C17H21N3O2. The molecule has 1 saturated carbocycles. The Balaban J connectivity index is 1.40. The minimum atomic E-state index is -0.408. The molecule has 1 aliphatic carbocycles. The van der Waals surface area contributed by atoms with Crippen LogP contribution in [0.15, 0.2) is 24.3 Å². The molecule has 22 heavy (non-hydrogen) atoms. The maximum absolute atomic E-state index is 12.5. The zero-order valence-corrected chi connectivity index (χ0v) is 12.6. The van der Waals surface area contributed by atoms with E-state index in [-0.39, 0.29) is 5.91 Å². The molecule has 1 saturated heterocycles. The number of benzene rings is 1. The lowest BCUT2D eigenvalue weighted by atomic mass is 9.89. The largest absolute Gasteiger partial charge is 0.390 e. The number of nitrogens with zero attached hydrogens (tertiary/aromatic N) is 2. The number of aromatic nitrogens is 2. The summed E-state index contributed by atoms with van der Waals surface area (Å²) in [5.74, 6) is 0.528. The minimum Gasteiger partial charge on any atom is -0.390 e. The Labute approximate surface area is 129 Å². The molecule has 2 heterocycles. The third-order valence-electron chi connectivity index (χ3n) is 5.24. The van der Waals surface area contributed by atoms with Crippen molar-refractivity contribution >= 4 is 16.8 Å². The topological polar surface area (TPSA) is 69.2 Å². The third-order valence-corrected chi connectivity index (χ3v) is 5.24. The number of aromatic amines is 1. The number of hydrogen-bond donors (Lipinski definition) is 2. The predicted octanol–water partition coefficient (Wildman–Crippen LogP) is 1.87. The Kier molecular flexibility index (Phi) is 3.18. The van der Waals surface area contributed by atoms with Crippen LogP contribution in [0.1, 0.15) is 31.4 Å². The summed E-state index contributed by atoms with van der Waals surface area (Å²) in [6, 6.07) is 7.85. The monoisotopic (exact) mass is 299 g/mol. The second-order valence-electron chi connectivity index (χ2n) is 6.65. The quantitative estimate of drug-likeness (QED) is 0.909. The summed E-state index contributed by atoms with van der Waals surface area (Å²) in [6.07, 6.45) is 4.09. The highest BCUT2D eigenvalue weighted by Gasteiger charge is 2.48. The van der Waals surface area contributed by atoms with Crippen molar-refractivity contribution in [1.29, 1.82) is 0 Å². The summed E-state index contributed by atoms with van der Waals surface area (Å²) in [5.41, 5.74) is 1.39. The number of rotatable bonds is 3. The Morgan fingerprint density at radius 2 is 2.05 bits per heavy atom. The second-order valence-corrected chi connectivity index (χ2v) is 6.65. The van der Waals surface area contributed by atoms with Gasteiger partial charge in [0, 0.05) is 18.5 Å². The molecule has 2 aromatic rings. The SMILES string of the molecule is O=C(Cc1[nH]nc2ccccc12)N1CCC(C2(O)CC2)CC1. The molecule has 1 amide bonds. The molecule has 1 aromatic heterocycles. The number of hydrogen-bond acceptors (Lipinski definition) is 3. The number of para-hydroxylation sites is 1. The van der Waals surface area contributed by atoms with Crippen LogP contribution in [0.5, 0.6) is 0 Å². The lowest BCUT2D eigenvalue weighted by Crippen LogP contribution is -2.42.